The second-order valence-corrected chi connectivity index (χ2v) is 4.00. The number of hydrogen-bond donors (Lipinski definition) is 0. The van der Waals surface area contributed by atoms with Crippen molar-refractivity contribution >= 4 is 5.69 Å². The molecular formula is C13H7F4NO2. The lowest BCUT2D eigenvalue weighted by Crippen LogP contribution is -2.04. The lowest BCUT2D eigenvalue weighted by atomic mass is 10.0. The fraction of sp³-hybridized carbons (Fsp3) is 0.0769. The molecular weight excluding hydrogens is 278 g/mol. The van der Waals surface area contributed by atoms with Gasteiger partial charge in [0.25, 0.3) is 5.69 Å². The highest BCUT2D eigenvalue weighted by Gasteiger charge is 2.31. The smallest absolute Gasteiger partial charge is 0.258 e. The van der Waals surface area contributed by atoms with E-state index in [0.717, 1.165) is 36.4 Å². The Morgan fingerprint density at radius 1 is 1.05 bits per heavy atom. The van der Waals surface area contributed by atoms with Gasteiger partial charge in [-0.25, -0.2) is 4.39 Å². The molecule has 0 atom stereocenters. The van der Waals surface area contributed by atoms with Crippen molar-refractivity contribution in [2.24, 2.45) is 0 Å². The summed E-state index contributed by atoms with van der Waals surface area (Å²) < 4.78 is 51.0. The summed E-state index contributed by atoms with van der Waals surface area (Å²) in [5.41, 5.74) is -1.66. The Hall–Kier alpha value is -2.44. The van der Waals surface area contributed by atoms with Crippen LogP contribution < -0.4 is 0 Å². The Morgan fingerprint density at radius 2 is 1.75 bits per heavy atom. The van der Waals surface area contributed by atoms with Crippen molar-refractivity contribution in [1.82, 2.24) is 0 Å². The van der Waals surface area contributed by atoms with E-state index in [-0.39, 0.29) is 11.1 Å². The minimum Gasteiger partial charge on any atom is -0.258 e. The van der Waals surface area contributed by atoms with Crippen LogP contribution in [-0.4, -0.2) is 4.92 Å². The maximum atomic E-state index is 13.2. The van der Waals surface area contributed by atoms with E-state index in [1.165, 1.54) is 6.07 Å². The van der Waals surface area contributed by atoms with Crippen molar-refractivity contribution in [1.29, 1.82) is 0 Å². The minimum absolute atomic E-state index is 0.0639. The largest absolute Gasteiger partial charge is 0.416 e. The van der Waals surface area contributed by atoms with Crippen molar-refractivity contribution in [3.8, 4) is 11.1 Å². The monoisotopic (exact) mass is 285 g/mol. The van der Waals surface area contributed by atoms with Gasteiger partial charge < -0.3 is 0 Å². The standard InChI is InChI=1S/C13H7F4NO2/c14-10-4-5-12(18(19)20)11(7-10)8-2-1-3-9(6-8)13(15,16)17/h1-7H. The van der Waals surface area contributed by atoms with Crippen molar-refractivity contribution in [2.45, 2.75) is 6.18 Å². The fourth-order valence-electron chi connectivity index (χ4n) is 1.76. The first kappa shape index (κ1) is 14.0. The predicted octanol–water partition coefficient (Wildman–Crippen LogP) is 4.42. The first-order valence-electron chi connectivity index (χ1n) is 5.40. The zero-order valence-corrected chi connectivity index (χ0v) is 9.82. The molecule has 7 heteroatoms. The molecule has 0 heterocycles. The van der Waals surface area contributed by atoms with Gasteiger partial charge in [0.05, 0.1) is 16.1 Å². The lowest BCUT2D eigenvalue weighted by molar-refractivity contribution is -0.384. The highest BCUT2D eigenvalue weighted by atomic mass is 19.4. The summed E-state index contributed by atoms with van der Waals surface area (Å²) in [6.45, 7) is 0. The van der Waals surface area contributed by atoms with E-state index in [2.05, 4.69) is 0 Å². The second-order valence-electron chi connectivity index (χ2n) is 4.00. The van der Waals surface area contributed by atoms with Crippen LogP contribution >= 0.6 is 0 Å². The van der Waals surface area contributed by atoms with E-state index in [9.17, 15) is 27.7 Å². The second kappa shape index (κ2) is 4.92. The third-order valence-corrected chi connectivity index (χ3v) is 2.66. The normalized spacial score (nSPS) is 11.4. The highest BCUT2D eigenvalue weighted by molar-refractivity contribution is 5.74. The van der Waals surface area contributed by atoms with Gasteiger partial charge in [0, 0.05) is 6.07 Å². The molecule has 2 rings (SSSR count). The molecule has 0 radical (unpaired) electrons. The maximum absolute atomic E-state index is 13.2. The fourth-order valence-corrected chi connectivity index (χ4v) is 1.76. The number of alkyl halides is 3. The molecule has 104 valence electrons. The van der Waals surface area contributed by atoms with Crippen molar-refractivity contribution in [3.63, 3.8) is 0 Å². The summed E-state index contributed by atoms with van der Waals surface area (Å²) in [7, 11) is 0. The van der Waals surface area contributed by atoms with Crippen LogP contribution in [-0.2, 0) is 6.18 Å². The number of hydrogen-bond acceptors (Lipinski definition) is 2. The van der Waals surface area contributed by atoms with Gasteiger partial charge in [0.15, 0.2) is 0 Å². The Bertz CT molecular complexity index is 668. The van der Waals surface area contributed by atoms with Crippen LogP contribution in [0.3, 0.4) is 0 Å². The third-order valence-electron chi connectivity index (χ3n) is 2.66. The Labute approximate surface area is 110 Å². The Kier molecular flexibility index (Phi) is 3.44. The molecule has 0 spiro atoms. The molecule has 0 aliphatic carbocycles. The summed E-state index contributed by atoms with van der Waals surface area (Å²) in [5.74, 6) is -0.761. The van der Waals surface area contributed by atoms with E-state index in [1.807, 2.05) is 0 Å². The molecule has 0 aliphatic heterocycles. The first-order valence-corrected chi connectivity index (χ1v) is 5.40. The number of benzene rings is 2. The van der Waals surface area contributed by atoms with E-state index in [4.69, 9.17) is 0 Å². The Balaban J connectivity index is 2.62. The molecule has 2 aromatic rings. The third kappa shape index (κ3) is 2.76. The summed E-state index contributed by atoms with van der Waals surface area (Å²) in [6, 6.07) is 6.62. The molecule has 0 saturated carbocycles. The number of nitrogens with zero attached hydrogens (tertiary/aromatic N) is 1. The number of nitro groups is 1. The molecule has 0 aliphatic rings. The van der Waals surface area contributed by atoms with Crippen LogP contribution in [0.15, 0.2) is 42.5 Å². The van der Waals surface area contributed by atoms with Crippen molar-refractivity contribution in [2.75, 3.05) is 0 Å². The van der Waals surface area contributed by atoms with E-state index >= 15 is 0 Å². The van der Waals surface area contributed by atoms with Crippen molar-refractivity contribution in [3.05, 3.63) is 64.0 Å². The first-order chi connectivity index (χ1) is 9.29. The zero-order valence-electron chi connectivity index (χ0n) is 9.82. The molecule has 0 N–H and O–H groups in total. The lowest BCUT2D eigenvalue weighted by Gasteiger charge is -2.09. The highest BCUT2D eigenvalue weighted by Crippen LogP contribution is 2.35. The van der Waals surface area contributed by atoms with E-state index in [0.29, 0.717) is 0 Å². The van der Waals surface area contributed by atoms with Gasteiger partial charge in [-0.05, 0) is 29.8 Å². The summed E-state index contributed by atoms with van der Waals surface area (Å²) in [4.78, 5) is 10.1. The molecule has 20 heavy (non-hydrogen) atoms. The quantitative estimate of drug-likeness (QED) is 0.465. The summed E-state index contributed by atoms with van der Waals surface area (Å²) in [5, 5.41) is 10.8. The number of rotatable bonds is 2. The van der Waals surface area contributed by atoms with Crippen LogP contribution in [0.4, 0.5) is 23.2 Å². The minimum atomic E-state index is -4.57. The van der Waals surface area contributed by atoms with E-state index < -0.39 is 28.2 Å². The van der Waals surface area contributed by atoms with Crippen LogP contribution in [0.1, 0.15) is 5.56 Å². The average Bonchev–Trinajstić information content (AvgIpc) is 2.37. The zero-order chi connectivity index (χ0) is 14.9. The number of halogens is 4. The van der Waals surface area contributed by atoms with E-state index in [1.54, 1.807) is 0 Å². The predicted molar refractivity (Wildman–Crippen MR) is 63.5 cm³/mol. The van der Waals surface area contributed by atoms with Gasteiger partial charge in [-0.3, -0.25) is 10.1 Å². The maximum Gasteiger partial charge on any atom is 0.416 e. The molecule has 0 amide bonds. The average molecular weight is 285 g/mol. The van der Waals surface area contributed by atoms with Crippen LogP contribution in [0.25, 0.3) is 11.1 Å². The van der Waals surface area contributed by atoms with Gasteiger partial charge in [0.2, 0.25) is 0 Å². The Morgan fingerprint density at radius 3 is 2.35 bits per heavy atom. The van der Waals surface area contributed by atoms with Crippen LogP contribution in [0.5, 0.6) is 0 Å². The van der Waals surface area contributed by atoms with Gasteiger partial charge in [-0.15, -0.1) is 0 Å². The van der Waals surface area contributed by atoms with Gasteiger partial charge in [-0.1, -0.05) is 12.1 Å². The van der Waals surface area contributed by atoms with Crippen LogP contribution in [0.2, 0.25) is 0 Å². The van der Waals surface area contributed by atoms with Crippen molar-refractivity contribution < 1.29 is 22.5 Å². The molecule has 0 bridgehead atoms. The molecule has 3 nitrogen and oxygen atoms in total. The molecule has 0 saturated heterocycles. The molecule has 2 aromatic carbocycles. The topological polar surface area (TPSA) is 43.1 Å². The van der Waals surface area contributed by atoms with Gasteiger partial charge >= 0.3 is 6.18 Å². The number of nitro benzene ring substituents is 1. The van der Waals surface area contributed by atoms with Gasteiger partial charge in [0.1, 0.15) is 5.82 Å². The molecule has 0 fully saturated rings. The van der Waals surface area contributed by atoms with Gasteiger partial charge in [-0.2, -0.15) is 13.2 Å². The molecule has 0 unspecified atom stereocenters. The van der Waals surface area contributed by atoms with Crippen LogP contribution in [0, 0.1) is 15.9 Å². The summed E-state index contributed by atoms with van der Waals surface area (Å²) in [6.07, 6.45) is -4.57. The SMILES string of the molecule is O=[N+]([O-])c1ccc(F)cc1-c1cccc(C(F)(F)F)c1. The molecule has 0 aromatic heterocycles. The summed E-state index contributed by atoms with van der Waals surface area (Å²) >= 11 is 0.